The van der Waals surface area contributed by atoms with E-state index in [1.807, 2.05) is 17.8 Å². The highest BCUT2D eigenvalue weighted by Crippen LogP contribution is 2.36. The third-order valence-electron chi connectivity index (χ3n) is 3.24. The predicted molar refractivity (Wildman–Crippen MR) is 73.3 cm³/mol. The number of thioether (sulfide) groups is 1. The Morgan fingerprint density at radius 2 is 2.06 bits per heavy atom. The highest BCUT2D eigenvalue weighted by Gasteiger charge is 2.21. The van der Waals surface area contributed by atoms with Crippen molar-refractivity contribution in [2.75, 3.05) is 11.5 Å². The lowest BCUT2D eigenvalue weighted by Gasteiger charge is -2.23. The minimum absolute atomic E-state index is 0.335. The van der Waals surface area contributed by atoms with Crippen LogP contribution in [0.2, 0.25) is 5.02 Å². The molecule has 1 aromatic rings. The Morgan fingerprint density at radius 3 is 2.61 bits per heavy atom. The molecule has 2 rings (SSSR count). The number of aliphatic carboxylic acids is 1. The van der Waals surface area contributed by atoms with E-state index < -0.39 is 12.1 Å². The zero-order chi connectivity index (χ0) is 13.1. The Labute approximate surface area is 115 Å². The molecule has 0 radical (unpaired) electrons. The van der Waals surface area contributed by atoms with Crippen LogP contribution >= 0.6 is 23.4 Å². The van der Waals surface area contributed by atoms with E-state index >= 15 is 0 Å². The molecule has 5 heteroatoms. The predicted octanol–water partition coefficient (Wildman–Crippen LogP) is 3.07. The van der Waals surface area contributed by atoms with Gasteiger partial charge < -0.3 is 10.2 Å². The molecule has 0 saturated carbocycles. The molecule has 0 aliphatic carbocycles. The van der Waals surface area contributed by atoms with Crippen LogP contribution < -0.4 is 0 Å². The maximum Gasteiger partial charge on any atom is 0.337 e. The minimum Gasteiger partial charge on any atom is -0.479 e. The SMILES string of the molecule is O=C(O)C(O)c1ccc(C2CCSCC2)c(Cl)c1. The number of carbonyl (C=O) groups is 1. The molecule has 0 bridgehead atoms. The van der Waals surface area contributed by atoms with Crippen molar-refractivity contribution in [1.29, 1.82) is 0 Å². The number of aliphatic hydroxyl groups is 1. The summed E-state index contributed by atoms with van der Waals surface area (Å²) in [4.78, 5) is 10.7. The number of carboxylic acid groups (broad SMARTS) is 1. The van der Waals surface area contributed by atoms with Crippen LogP contribution in [0, 0.1) is 0 Å². The van der Waals surface area contributed by atoms with Gasteiger partial charge in [-0.3, -0.25) is 0 Å². The molecule has 18 heavy (non-hydrogen) atoms. The lowest BCUT2D eigenvalue weighted by atomic mass is 9.92. The molecular weight excluding hydrogens is 272 g/mol. The Bertz CT molecular complexity index is 444. The lowest BCUT2D eigenvalue weighted by molar-refractivity contribution is -0.146. The minimum atomic E-state index is -1.50. The number of halogens is 1. The first kappa shape index (κ1) is 13.7. The summed E-state index contributed by atoms with van der Waals surface area (Å²) < 4.78 is 0. The summed E-state index contributed by atoms with van der Waals surface area (Å²) in [6.45, 7) is 0. The van der Waals surface area contributed by atoms with Crippen LogP contribution in [0.25, 0.3) is 0 Å². The van der Waals surface area contributed by atoms with Crippen LogP contribution in [0.15, 0.2) is 18.2 Å². The molecule has 0 spiro atoms. The highest BCUT2D eigenvalue weighted by atomic mass is 35.5. The van der Waals surface area contributed by atoms with Crippen molar-refractivity contribution in [3.05, 3.63) is 34.3 Å². The van der Waals surface area contributed by atoms with E-state index in [1.54, 1.807) is 12.1 Å². The monoisotopic (exact) mass is 286 g/mol. The second-order valence-corrected chi connectivity index (χ2v) is 6.04. The average Bonchev–Trinajstić information content (AvgIpc) is 2.38. The largest absolute Gasteiger partial charge is 0.479 e. The molecule has 2 N–H and O–H groups in total. The molecule has 0 aromatic heterocycles. The van der Waals surface area contributed by atoms with Gasteiger partial charge in [0, 0.05) is 5.02 Å². The Balaban J connectivity index is 2.21. The van der Waals surface area contributed by atoms with Crippen molar-refractivity contribution in [2.45, 2.75) is 24.9 Å². The summed E-state index contributed by atoms with van der Waals surface area (Å²) in [5.41, 5.74) is 1.40. The van der Waals surface area contributed by atoms with Gasteiger partial charge in [-0.1, -0.05) is 23.7 Å². The molecule has 0 amide bonds. The third-order valence-corrected chi connectivity index (χ3v) is 4.61. The van der Waals surface area contributed by atoms with E-state index in [0.717, 1.165) is 29.9 Å². The fraction of sp³-hybridized carbons (Fsp3) is 0.462. The highest BCUT2D eigenvalue weighted by molar-refractivity contribution is 7.99. The van der Waals surface area contributed by atoms with Gasteiger partial charge in [0.05, 0.1) is 0 Å². The second kappa shape index (κ2) is 5.95. The normalized spacial score (nSPS) is 18.6. The van der Waals surface area contributed by atoms with Crippen LogP contribution in [0.4, 0.5) is 0 Å². The zero-order valence-electron chi connectivity index (χ0n) is 9.80. The fourth-order valence-corrected chi connectivity index (χ4v) is 3.65. The average molecular weight is 287 g/mol. The molecule has 1 fully saturated rings. The maximum absolute atomic E-state index is 10.7. The standard InChI is InChI=1S/C13H15ClO3S/c14-11-7-9(12(15)13(16)17)1-2-10(11)8-3-5-18-6-4-8/h1-2,7-8,12,15H,3-6H2,(H,16,17). The van der Waals surface area contributed by atoms with Gasteiger partial charge >= 0.3 is 5.97 Å². The quantitative estimate of drug-likeness (QED) is 0.896. The van der Waals surface area contributed by atoms with Crippen molar-refractivity contribution in [3.63, 3.8) is 0 Å². The van der Waals surface area contributed by atoms with Crippen LogP contribution in [0.3, 0.4) is 0 Å². The molecule has 1 unspecified atom stereocenters. The Morgan fingerprint density at radius 1 is 1.39 bits per heavy atom. The van der Waals surface area contributed by atoms with Crippen LogP contribution in [-0.4, -0.2) is 27.7 Å². The first-order valence-corrected chi connectivity index (χ1v) is 7.41. The zero-order valence-corrected chi connectivity index (χ0v) is 11.4. The first-order chi connectivity index (χ1) is 8.59. The Kier molecular flexibility index (Phi) is 4.54. The number of aliphatic hydroxyl groups excluding tert-OH is 1. The van der Waals surface area contributed by atoms with E-state index in [1.165, 1.54) is 0 Å². The topological polar surface area (TPSA) is 57.5 Å². The summed E-state index contributed by atoms with van der Waals surface area (Å²) in [5.74, 6) is 1.48. The summed E-state index contributed by atoms with van der Waals surface area (Å²) >= 11 is 8.15. The molecule has 98 valence electrons. The van der Waals surface area contributed by atoms with Gasteiger partial charge in [-0.2, -0.15) is 11.8 Å². The third kappa shape index (κ3) is 2.99. The van der Waals surface area contributed by atoms with Crippen molar-refractivity contribution < 1.29 is 15.0 Å². The molecule has 1 aromatic carbocycles. The van der Waals surface area contributed by atoms with Crippen LogP contribution in [-0.2, 0) is 4.79 Å². The number of hydrogen-bond donors (Lipinski definition) is 2. The van der Waals surface area contributed by atoms with Crippen molar-refractivity contribution in [3.8, 4) is 0 Å². The molecule has 1 saturated heterocycles. The number of carboxylic acids is 1. The van der Waals surface area contributed by atoms with Crippen molar-refractivity contribution in [1.82, 2.24) is 0 Å². The van der Waals surface area contributed by atoms with E-state index in [0.29, 0.717) is 16.5 Å². The van der Waals surface area contributed by atoms with Crippen molar-refractivity contribution >= 4 is 29.3 Å². The summed E-state index contributed by atoms with van der Waals surface area (Å²) in [5, 5.41) is 18.8. The number of hydrogen-bond acceptors (Lipinski definition) is 3. The van der Waals surface area contributed by atoms with Gasteiger partial charge in [0.1, 0.15) is 0 Å². The van der Waals surface area contributed by atoms with Gasteiger partial charge in [-0.05, 0) is 47.5 Å². The first-order valence-electron chi connectivity index (χ1n) is 5.87. The van der Waals surface area contributed by atoms with Crippen LogP contribution in [0.1, 0.15) is 36.0 Å². The van der Waals surface area contributed by atoms with Crippen LogP contribution in [0.5, 0.6) is 0 Å². The van der Waals surface area contributed by atoms with E-state index in [-0.39, 0.29) is 0 Å². The summed E-state index contributed by atoms with van der Waals surface area (Å²) in [6, 6.07) is 5.07. The molecular formula is C13H15ClO3S. The van der Waals surface area contributed by atoms with Gasteiger partial charge in [0.25, 0.3) is 0 Å². The molecule has 3 nitrogen and oxygen atoms in total. The summed E-state index contributed by atoms with van der Waals surface area (Å²) in [6.07, 6.45) is 0.703. The fourth-order valence-electron chi connectivity index (χ4n) is 2.20. The number of rotatable bonds is 3. The van der Waals surface area contributed by atoms with Gasteiger partial charge in [-0.25, -0.2) is 4.79 Å². The van der Waals surface area contributed by atoms with Gasteiger partial charge in [-0.15, -0.1) is 0 Å². The smallest absolute Gasteiger partial charge is 0.337 e. The molecule has 1 heterocycles. The lowest BCUT2D eigenvalue weighted by Crippen LogP contribution is -2.12. The maximum atomic E-state index is 10.7. The Hall–Kier alpha value is -0.710. The summed E-state index contributed by atoms with van der Waals surface area (Å²) in [7, 11) is 0. The van der Waals surface area contributed by atoms with Gasteiger partial charge in [0.2, 0.25) is 0 Å². The van der Waals surface area contributed by atoms with E-state index in [4.69, 9.17) is 16.7 Å². The molecule has 1 atom stereocenters. The molecule has 1 aliphatic rings. The van der Waals surface area contributed by atoms with E-state index in [2.05, 4.69) is 0 Å². The van der Waals surface area contributed by atoms with E-state index in [9.17, 15) is 9.90 Å². The van der Waals surface area contributed by atoms with Crippen molar-refractivity contribution in [2.24, 2.45) is 0 Å². The van der Waals surface area contributed by atoms with Gasteiger partial charge in [0.15, 0.2) is 6.10 Å². The number of benzene rings is 1. The second-order valence-electron chi connectivity index (χ2n) is 4.41. The molecule has 1 aliphatic heterocycles.